The topological polar surface area (TPSA) is 3.24 Å². The van der Waals surface area contributed by atoms with Gasteiger partial charge in [-0.05, 0) is 13.3 Å². The normalized spacial score (nSPS) is 12.6. The van der Waals surface area contributed by atoms with Gasteiger partial charge in [-0.3, -0.25) is 0 Å². The predicted molar refractivity (Wildman–Crippen MR) is 78.3 cm³/mol. The standard InChI is InChI=1S/C16H19F8N/c1-3-5-6-7-8-25(4-2)11-9-10(17)13(18)12(14(11)19)15(20,21)16(22,23)24/h9H,3-8H2,1-2H3. The largest absolute Gasteiger partial charge is 0.458 e. The number of unbranched alkanes of at least 4 members (excludes halogenated alkanes) is 3. The highest BCUT2D eigenvalue weighted by Crippen LogP contribution is 2.47. The maximum absolute atomic E-state index is 14.3. The van der Waals surface area contributed by atoms with Gasteiger partial charge >= 0.3 is 12.1 Å². The van der Waals surface area contributed by atoms with Crippen molar-refractivity contribution in [2.45, 2.75) is 51.6 Å². The first-order valence-electron chi connectivity index (χ1n) is 7.86. The first-order chi connectivity index (χ1) is 11.5. The molecular formula is C16H19F8N. The minimum Gasteiger partial charge on any atom is -0.369 e. The number of hydrogen-bond acceptors (Lipinski definition) is 1. The number of halogens is 8. The minimum absolute atomic E-state index is 0.0329. The van der Waals surface area contributed by atoms with E-state index in [-0.39, 0.29) is 13.1 Å². The molecule has 1 aromatic rings. The minimum atomic E-state index is -6.25. The van der Waals surface area contributed by atoms with Gasteiger partial charge in [0.05, 0.1) is 5.69 Å². The van der Waals surface area contributed by atoms with Crippen LogP contribution in [0.15, 0.2) is 6.07 Å². The second-order valence-electron chi connectivity index (χ2n) is 5.59. The van der Waals surface area contributed by atoms with Crippen LogP contribution < -0.4 is 4.90 Å². The summed E-state index contributed by atoms with van der Waals surface area (Å²) < 4.78 is 106. The van der Waals surface area contributed by atoms with Gasteiger partial charge < -0.3 is 4.90 Å². The van der Waals surface area contributed by atoms with Crippen molar-refractivity contribution in [1.29, 1.82) is 0 Å². The fourth-order valence-electron chi connectivity index (χ4n) is 2.42. The quantitative estimate of drug-likeness (QED) is 0.298. The van der Waals surface area contributed by atoms with Gasteiger partial charge in [-0.15, -0.1) is 0 Å². The van der Waals surface area contributed by atoms with Crippen LogP contribution in [0.2, 0.25) is 0 Å². The van der Waals surface area contributed by atoms with Gasteiger partial charge in [0.2, 0.25) is 0 Å². The fraction of sp³-hybridized carbons (Fsp3) is 0.625. The van der Waals surface area contributed by atoms with Crippen LogP contribution in [0, 0.1) is 17.5 Å². The Hall–Kier alpha value is -1.54. The Morgan fingerprint density at radius 2 is 1.48 bits per heavy atom. The summed E-state index contributed by atoms with van der Waals surface area (Å²) in [7, 11) is 0. The van der Waals surface area contributed by atoms with E-state index in [1.165, 1.54) is 6.92 Å². The van der Waals surface area contributed by atoms with Gasteiger partial charge in [0.1, 0.15) is 5.56 Å². The van der Waals surface area contributed by atoms with Crippen molar-refractivity contribution in [3.05, 3.63) is 29.1 Å². The molecule has 1 rings (SSSR count). The Labute approximate surface area is 140 Å². The SMILES string of the molecule is CCCCCCN(CC)c1cc(F)c(F)c(C(F)(F)C(F)(F)F)c1F. The molecule has 0 saturated carbocycles. The lowest BCUT2D eigenvalue weighted by molar-refractivity contribution is -0.291. The summed E-state index contributed by atoms with van der Waals surface area (Å²) in [5, 5.41) is 0. The Balaban J connectivity index is 3.35. The first-order valence-corrected chi connectivity index (χ1v) is 7.86. The van der Waals surface area contributed by atoms with Crippen LogP contribution >= 0.6 is 0 Å². The van der Waals surface area contributed by atoms with Crippen LogP contribution in [0.3, 0.4) is 0 Å². The summed E-state index contributed by atoms with van der Waals surface area (Å²) in [6.07, 6.45) is -3.27. The van der Waals surface area contributed by atoms with Gasteiger partial charge in [0, 0.05) is 19.2 Å². The Morgan fingerprint density at radius 3 is 1.96 bits per heavy atom. The second-order valence-corrected chi connectivity index (χ2v) is 5.59. The summed E-state index contributed by atoms with van der Waals surface area (Å²) in [5.41, 5.74) is -3.42. The maximum Gasteiger partial charge on any atom is 0.458 e. The number of nitrogens with zero attached hydrogens (tertiary/aromatic N) is 1. The summed E-state index contributed by atoms with van der Waals surface area (Å²) in [5.74, 6) is -12.4. The van der Waals surface area contributed by atoms with E-state index >= 15 is 0 Å². The first kappa shape index (κ1) is 21.5. The third-order valence-electron chi connectivity index (χ3n) is 3.81. The van der Waals surface area contributed by atoms with Crippen molar-refractivity contribution in [1.82, 2.24) is 0 Å². The van der Waals surface area contributed by atoms with Crippen LogP contribution in [0.1, 0.15) is 45.1 Å². The lowest BCUT2D eigenvalue weighted by Gasteiger charge is -2.27. The van der Waals surface area contributed by atoms with Gasteiger partial charge in [-0.1, -0.05) is 26.2 Å². The van der Waals surface area contributed by atoms with Crippen LogP contribution in [0.25, 0.3) is 0 Å². The van der Waals surface area contributed by atoms with E-state index in [1.807, 2.05) is 6.92 Å². The summed E-state index contributed by atoms with van der Waals surface area (Å²) in [6, 6.07) is 0.309. The molecule has 1 aromatic carbocycles. The third kappa shape index (κ3) is 4.55. The van der Waals surface area contributed by atoms with Crippen molar-refractivity contribution in [2.75, 3.05) is 18.0 Å². The second kappa shape index (κ2) is 8.23. The molecule has 0 radical (unpaired) electrons. The van der Waals surface area contributed by atoms with Crippen LogP contribution in [0.4, 0.5) is 40.8 Å². The summed E-state index contributed by atoms with van der Waals surface area (Å²) in [6.45, 7) is 3.60. The Bertz CT molecular complexity index is 582. The van der Waals surface area contributed by atoms with E-state index < -0.39 is 40.8 Å². The van der Waals surface area contributed by atoms with E-state index in [4.69, 9.17) is 0 Å². The molecular weight excluding hydrogens is 358 g/mol. The van der Waals surface area contributed by atoms with Crippen LogP contribution in [0.5, 0.6) is 0 Å². The molecule has 0 aliphatic rings. The number of hydrogen-bond donors (Lipinski definition) is 0. The predicted octanol–water partition coefficient (Wildman–Crippen LogP) is 6.16. The highest BCUT2D eigenvalue weighted by Gasteiger charge is 2.62. The van der Waals surface area contributed by atoms with Crippen molar-refractivity contribution in [3.8, 4) is 0 Å². The maximum atomic E-state index is 14.3. The van der Waals surface area contributed by atoms with Crippen molar-refractivity contribution >= 4 is 5.69 Å². The van der Waals surface area contributed by atoms with Crippen molar-refractivity contribution in [3.63, 3.8) is 0 Å². The zero-order valence-corrected chi connectivity index (χ0v) is 13.8. The van der Waals surface area contributed by atoms with Crippen molar-refractivity contribution in [2.24, 2.45) is 0 Å². The average Bonchev–Trinajstić information content (AvgIpc) is 2.50. The molecule has 0 heterocycles. The summed E-state index contributed by atoms with van der Waals surface area (Å²) in [4.78, 5) is 1.11. The highest BCUT2D eigenvalue weighted by molar-refractivity contribution is 5.52. The monoisotopic (exact) mass is 377 g/mol. The third-order valence-corrected chi connectivity index (χ3v) is 3.81. The molecule has 0 saturated heterocycles. The lowest BCUT2D eigenvalue weighted by atomic mass is 10.0. The molecule has 0 fully saturated rings. The average molecular weight is 377 g/mol. The highest BCUT2D eigenvalue weighted by atomic mass is 19.4. The lowest BCUT2D eigenvalue weighted by Crippen LogP contribution is -2.37. The Morgan fingerprint density at radius 1 is 0.880 bits per heavy atom. The molecule has 25 heavy (non-hydrogen) atoms. The van der Waals surface area contributed by atoms with E-state index in [0.29, 0.717) is 12.5 Å². The molecule has 0 amide bonds. The van der Waals surface area contributed by atoms with E-state index in [1.54, 1.807) is 0 Å². The number of anilines is 1. The van der Waals surface area contributed by atoms with Gasteiger partial charge in [-0.2, -0.15) is 22.0 Å². The van der Waals surface area contributed by atoms with E-state index in [0.717, 1.165) is 24.2 Å². The molecule has 0 aliphatic carbocycles. The van der Waals surface area contributed by atoms with Gasteiger partial charge in [0.25, 0.3) is 0 Å². The number of rotatable bonds is 8. The molecule has 9 heteroatoms. The molecule has 1 nitrogen and oxygen atoms in total. The molecule has 144 valence electrons. The van der Waals surface area contributed by atoms with Crippen LogP contribution in [-0.2, 0) is 5.92 Å². The van der Waals surface area contributed by atoms with E-state index in [2.05, 4.69) is 0 Å². The molecule has 0 spiro atoms. The number of benzene rings is 1. The zero-order chi connectivity index (χ0) is 19.4. The van der Waals surface area contributed by atoms with Gasteiger partial charge in [0.15, 0.2) is 17.5 Å². The fourth-order valence-corrected chi connectivity index (χ4v) is 2.42. The summed E-state index contributed by atoms with van der Waals surface area (Å²) >= 11 is 0. The van der Waals surface area contributed by atoms with Crippen LogP contribution in [-0.4, -0.2) is 19.3 Å². The molecule has 0 atom stereocenters. The molecule has 0 aromatic heterocycles. The zero-order valence-electron chi connectivity index (χ0n) is 13.8. The molecule has 0 N–H and O–H groups in total. The Kier molecular flexibility index (Phi) is 7.08. The number of alkyl halides is 5. The van der Waals surface area contributed by atoms with E-state index in [9.17, 15) is 35.1 Å². The molecule has 0 bridgehead atoms. The van der Waals surface area contributed by atoms with Gasteiger partial charge in [-0.25, -0.2) is 13.2 Å². The van der Waals surface area contributed by atoms with Crippen molar-refractivity contribution < 1.29 is 35.1 Å². The smallest absolute Gasteiger partial charge is 0.369 e. The molecule has 0 unspecified atom stereocenters. The molecule has 0 aliphatic heterocycles.